The summed E-state index contributed by atoms with van der Waals surface area (Å²) in [5.41, 5.74) is 2.03. The van der Waals surface area contributed by atoms with Crippen LogP contribution >= 0.6 is 11.6 Å². The second-order valence-electron chi connectivity index (χ2n) is 5.63. The predicted octanol–water partition coefficient (Wildman–Crippen LogP) is 2.64. The van der Waals surface area contributed by atoms with E-state index in [1.54, 1.807) is 50.4 Å². The average molecular weight is 360 g/mol. The molecule has 1 aliphatic rings. The lowest BCUT2D eigenvalue weighted by atomic mass is 10.2. The van der Waals surface area contributed by atoms with E-state index in [1.807, 2.05) is 0 Å². The van der Waals surface area contributed by atoms with Crippen molar-refractivity contribution in [2.24, 2.45) is 0 Å². The second kappa shape index (κ2) is 7.08. The van der Waals surface area contributed by atoms with Crippen LogP contribution in [0.3, 0.4) is 0 Å². The van der Waals surface area contributed by atoms with E-state index in [2.05, 4.69) is 20.9 Å². The Morgan fingerprint density at radius 2 is 2.00 bits per heavy atom. The highest BCUT2D eigenvalue weighted by atomic mass is 35.5. The number of likely N-dealkylation sites (N-methyl/N-ethyl adjacent to an activating group) is 1. The SMILES string of the molecule is CNC(C)C(=O)Nc1ccc2c(n1)CNC(=O)N2c1ccc(Cl)cc1. The Balaban J connectivity index is 1.91. The molecule has 0 fully saturated rings. The summed E-state index contributed by atoms with van der Waals surface area (Å²) in [7, 11) is 1.71. The van der Waals surface area contributed by atoms with Crippen LogP contribution in [0.2, 0.25) is 5.02 Å². The third kappa shape index (κ3) is 3.57. The van der Waals surface area contributed by atoms with Crippen LogP contribution in [0.5, 0.6) is 0 Å². The van der Waals surface area contributed by atoms with Gasteiger partial charge in [-0.15, -0.1) is 0 Å². The van der Waals surface area contributed by atoms with E-state index in [9.17, 15) is 9.59 Å². The summed E-state index contributed by atoms with van der Waals surface area (Å²) in [5.74, 6) is 0.266. The van der Waals surface area contributed by atoms with Crippen molar-refractivity contribution in [3.05, 3.63) is 47.1 Å². The van der Waals surface area contributed by atoms with Crippen molar-refractivity contribution in [2.45, 2.75) is 19.5 Å². The average Bonchev–Trinajstić information content (AvgIpc) is 2.62. The number of rotatable bonds is 4. The van der Waals surface area contributed by atoms with Gasteiger partial charge in [0.15, 0.2) is 0 Å². The molecule has 2 aromatic rings. The molecule has 0 saturated carbocycles. The van der Waals surface area contributed by atoms with Crippen molar-refractivity contribution in [1.82, 2.24) is 15.6 Å². The van der Waals surface area contributed by atoms with Crippen LogP contribution in [0.4, 0.5) is 22.0 Å². The Hall–Kier alpha value is -2.64. The molecule has 0 radical (unpaired) electrons. The van der Waals surface area contributed by atoms with Crippen molar-refractivity contribution in [3.8, 4) is 0 Å². The van der Waals surface area contributed by atoms with Gasteiger partial charge >= 0.3 is 6.03 Å². The molecule has 8 heteroatoms. The van der Waals surface area contributed by atoms with Crippen molar-refractivity contribution in [3.63, 3.8) is 0 Å². The van der Waals surface area contributed by atoms with E-state index in [1.165, 1.54) is 4.90 Å². The minimum Gasteiger partial charge on any atom is -0.332 e. The van der Waals surface area contributed by atoms with Crippen LogP contribution < -0.4 is 20.9 Å². The first-order valence-corrected chi connectivity index (χ1v) is 8.19. The molecule has 7 nitrogen and oxygen atoms in total. The van der Waals surface area contributed by atoms with E-state index in [4.69, 9.17) is 11.6 Å². The lowest BCUT2D eigenvalue weighted by molar-refractivity contribution is -0.117. The maximum atomic E-state index is 12.3. The van der Waals surface area contributed by atoms with E-state index in [0.717, 1.165) is 0 Å². The molecule has 0 saturated heterocycles. The molecule has 1 unspecified atom stereocenters. The van der Waals surface area contributed by atoms with Gasteiger partial charge in [-0.2, -0.15) is 0 Å². The highest BCUT2D eigenvalue weighted by Crippen LogP contribution is 2.32. The number of carbonyl (C=O) groups excluding carboxylic acids is 2. The Bertz CT molecular complexity index is 809. The summed E-state index contributed by atoms with van der Waals surface area (Å²) in [6.07, 6.45) is 0. The first kappa shape index (κ1) is 17.2. The molecule has 2 heterocycles. The molecule has 0 aliphatic carbocycles. The second-order valence-corrected chi connectivity index (χ2v) is 6.07. The van der Waals surface area contributed by atoms with Crippen LogP contribution in [-0.2, 0) is 11.3 Å². The molecular formula is C17H18ClN5O2. The number of hydrogen-bond acceptors (Lipinski definition) is 4. The summed E-state index contributed by atoms with van der Waals surface area (Å²) in [6.45, 7) is 2.06. The summed E-state index contributed by atoms with van der Waals surface area (Å²) < 4.78 is 0. The van der Waals surface area contributed by atoms with Crippen LogP contribution in [0, 0.1) is 0 Å². The Kier molecular flexibility index (Phi) is 4.87. The van der Waals surface area contributed by atoms with Crippen molar-refractivity contribution in [1.29, 1.82) is 0 Å². The maximum absolute atomic E-state index is 12.3. The zero-order valence-corrected chi connectivity index (χ0v) is 14.6. The fraction of sp³-hybridized carbons (Fsp3) is 0.235. The number of nitrogens with one attached hydrogen (secondary N) is 3. The monoisotopic (exact) mass is 359 g/mol. The van der Waals surface area contributed by atoms with Gasteiger partial charge in [0.25, 0.3) is 0 Å². The number of aromatic nitrogens is 1. The third-order valence-corrected chi connectivity index (χ3v) is 4.22. The van der Waals surface area contributed by atoms with Gasteiger partial charge in [-0.3, -0.25) is 9.69 Å². The summed E-state index contributed by atoms with van der Waals surface area (Å²) >= 11 is 5.92. The third-order valence-electron chi connectivity index (χ3n) is 3.96. The van der Waals surface area contributed by atoms with Gasteiger partial charge in [-0.25, -0.2) is 9.78 Å². The normalized spacial score (nSPS) is 14.5. The molecule has 1 atom stereocenters. The number of urea groups is 1. The van der Waals surface area contributed by atoms with Gasteiger partial charge in [-0.1, -0.05) is 11.6 Å². The number of pyridine rings is 1. The number of fused-ring (bicyclic) bond motifs is 1. The number of anilines is 3. The van der Waals surface area contributed by atoms with Gasteiger partial charge in [0.1, 0.15) is 5.82 Å². The standard InChI is InChI=1S/C17H18ClN5O2/c1-10(19-2)16(24)22-15-8-7-14-13(21-15)9-20-17(25)23(14)12-5-3-11(18)4-6-12/h3-8,10,19H,9H2,1-2H3,(H,20,25)(H,21,22,24). The molecule has 130 valence electrons. The highest BCUT2D eigenvalue weighted by Gasteiger charge is 2.26. The first-order valence-electron chi connectivity index (χ1n) is 7.81. The summed E-state index contributed by atoms with van der Waals surface area (Å²) in [5, 5.41) is 9.00. The topological polar surface area (TPSA) is 86.4 Å². The van der Waals surface area contributed by atoms with Crippen molar-refractivity contribution < 1.29 is 9.59 Å². The summed E-state index contributed by atoms with van der Waals surface area (Å²) in [6, 6.07) is 9.86. The quantitative estimate of drug-likeness (QED) is 0.783. The number of amides is 3. The zero-order valence-electron chi connectivity index (χ0n) is 13.8. The molecule has 3 rings (SSSR count). The lowest BCUT2D eigenvalue weighted by Crippen LogP contribution is -2.41. The van der Waals surface area contributed by atoms with Crippen LogP contribution in [-0.4, -0.2) is 30.0 Å². The molecule has 1 aromatic heterocycles. The number of nitrogens with zero attached hydrogens (tertiary/aromatic N) is 2. The molecule has 25 heavy (non-hydrogen) atoms. The van der Waals surface area contributed by atoms with Crippen LogP contribution in [0.1, 0.15) is 12.6 Å². The molecular weight excluding hydrogens is 342 g/mol. The highest BCUT2D eigenvalue weighted by molar-refractivity contribution is 6.30. The van der Waals surface area contributed by atoms with Gasteiger partial charge in [-0.05, 0) is 50.4 Å². The van der Waals surface area contributed by atoms with Crippen molar-refractivity contribution >= 4 is 40.7 Å². The summed E-state index contributed by atoms with van der Waals surface area (Å²) in [4.78, 5) is 30.3. The Morgan fingerprint density at radius 3 is 2.68 bits per heavy atom. The van der Waals surface area contributed by atoms with E-state index in [-0.39, 0.29) is 18.0 Å². The Labute approximate surface area is 150 Å². The minimum atomic E-state index is -0.330. The maximum Gasteiger partial charge on any atom is 0.326 e. The fourth-order valence-electron chi connectivity index (χ4n) is 2.46. The number of halogens is 1. The largest absolute Gasteiger partial charge is 0.332 e. The van der Waals surface area contributed by atoms with E-state index in [0.29, 0.717) is 34.5 Å². The number of benzene rings is 1. The van der Waals surface area contributed by atoms with E-state index < -0.39 is 0 Å². The number of hydrogen-bond donors (Lipinski definition) is 3. The minimum absolute atomic E-state index is 0.177. The van der Waals surface area contributed by atoms with Gasteiger partial charge in [0, 0.05) is 5.02 Å². The number of carbonyl (C=O) groups is 2. The molecule has 0 spiro atoms. The fourth-order valence-corrected chi connectivity index (χ4v) is 2.58. The molecule has 3 N–H and O–H groups in total. The molecule has 1 aliphatic heterocycles. The van der Waals surface area contributed by atoms with Crippen LogP contribution in [0.25, 0.3) is 0 Å². The molecule has 1 aromatic carbocycles. The molecule has 0 bridgehead atoms. The zero-order chi connectivity index (χ0) is 18.0. The van der Waals surface area contributed by atoms with E-state index >= 15 is 0 Å². The smallest absolute Gasteiger partial charge is 0.326 e. The predicted molar refractivity (Wildman–Crippen MR) is 97.2 cm³/mol. The van der Waals surface area contributed by atoms with Crippen molar-refractivity contribution in [2.75, 3.05) is 17.3 Å². The van der Waals surface area contributed by atoms with Gasteiger partial charge in [0.05, 0.1) is 29.7 Å². The van der Waals surface area contributed by atoms with Gasteiger partial charge < -0.3 is 16.0 Å². The lowest BCUT2D eigenvalue weighted by Gasteiger charge is -2.29. The van der Waals surface area contributed by atoms with Crippen LogP contribution in [0.15, 0.2) is 36.4 Å². The Morgan fingerprint density at radius 1 is 1.28 bits per heavy atom. The van der Waals surface area contributed by atoms with Gasteiger partial charge in [0.2, 0.25) is 5.91 Å². The first-order chi connectivity index (χ1) is 12.0. The molecule has 3 amide bonds.